The number of nitrogens with zero attached hydrogens (tertiary/aromatic N) is 3. The summed E-state index contributed by atoms with van der Waals surface area (Å²) in [7, 11) is 1.74. The molecule has 0 spiro atoms. The maximum atomic E-state index is 11.7. The number of amides is 1. The van der Waals surface area contributed by atoms with Gasteiger partial charge in [-0.1, -0.05) is 0 Å². The van der Waals surface area contributed by atoms with E-state index in [0.717, 1.165) is 11.3 Å². The molecule has 1 amide bonds. The van der Waals surface area contributed by atoms with Gasteiger partial charge in [-0.05, 0) is 19.4 Å². The smallest absolute Gasteiger partial charge is 0.346 e. The molecule has 2 N–H and O–H groups in total. The summed E-state index contributed by atoms with van der Waals surface area (Å²) >= 11 is 1.11. The average Bonchev–Trinajstić information content (AvgIpc) is 2.76. The molecule has 0 aromatic carbocycles. The summed E-state index contributed by atoms with van der Waals surface area (Å²) in [5.74, 6) is -0.529. The number of aromatic carboxylic acids is 1. The molecule has 0 radical (unpaired) electrons. The fourth-order valence-corrected chi connectivity index (χ4v) is 3.07. The zero-order valence-corrected chi connectivity index (χ0v) is 12.8. The molecule has 21 heavy (non-hydrogen) atoms. The van der Waals surface area contributed by atoms with Crippen LogP contribution in [-0.2, 0) is 4.79 Å². The van der Waals surface area contributed by atoms with Gasteiger partial charge in [0.25, 0.3) is 0 Å². The van der Waals surface area contributed by atoms with Crippen LogP contribution in [0.15, 0.2) is 6.33 Å². The van der Waals surface area contributed by atoms with Crippen molar-refractivity contribution in [3.8, 4) is 0 Å². The van der Waals surface area contributed by atoms with Gasteiger partial charge in [-0.2, -0.15) is 0 Å². The number of carbonyl (C=O) groups excluding carboxylic acids is 1. The van der Waals surface area contributed by atoms with E-state index in [1.165, 1.54) is 6.33 Å². The number of aromatic nitrogens is 2. The van der Waals surface area contributed by atoms with Crippen LogP contribution in [0.4, 0.5) is 5.82 Å². The van der Waals surface area contributed by atoms with E-state index in [1.54, 1.807) is 18.9 Å². The Balaban J connectivity index is 2.44. The van der Waals surface area contributed by atoms with Crippen LogP contribution in [0.2, 0.25) is 0 Å². The first-order chi connectivity index (χ1) is 9.95. The van der Waals surface area contributed by atoms with Gasteiger partial charge >= 0.3 is 5.97 Å². The van der Waals surface area contributed by atoms with E-state index in [2.05, 4.69) is 15.3 Å². The number of fused-ring (bicyclic) bond motifs is 1. The summed E-state index contributed by atoms with van der Waals surface area (Å²) in [6, 6.07) is 0. The van der Waals surface area contributed by atoms with Gasteiger partial charge in [0.1, 0.15) is 21.9 Å². The molecule has 0 aliphatic carbocycles. The number of aryl methyl sites for hydroxylation is 1. The molecule has 0 saturated carbocycles. The average molecular weight is 308 g/mol. The number of carboxylic acids is 1. The summed E-state index contributed by atoms with van der Waals surface area (Å²) in [5, 5.41) is 12.6. The maximum Gasteiger partial charge on any atom is 0.346 e. The van der Waals surface area contributed by atoms with E-state index in [9.17, 15) is 14.7 Å². The normalized spacial score (nSPS) is 10.6. The first-order valence-corrected chi connectivity index (χ1v) is 7.22. The fourth-order valence-electron chi connectivity index (χ4n) is 2.09. The zero-order chi connectivity index (χ0) is 15.6. The topological polar surface area (TPSA) is 95.4 Å². The molecule has 0 saturated heterocycles. The quantitative estimate of drug-likeness (QED) is 0.863. The highest BCUT2D eigenvalue weighted by molar-refractivity contribution is 7.20. The molecular formula is C13H16N4O3S. The minimum absolute atomic E-state index is 0.113. The van der Waals surface area contributed by atoms with Gasteiger partial charge in [-0.15, -0.1) is 11.3 Å². The molecule has 0 aliphatic heterocycles. The number of rotatable bonds is 5. The lowest BCUT2D eigenvalue weighted by Crippen LogP contribution is -2.35. The molecule has 7 nitrogen and oxygen atoms in total. The summed E-state index contributed by atoms with van der Waals surface area (Å²) < 4.78 is 0. The van der Waals surface area contributed by atoms with Crippen molar-refractivity contribution in [3.63, 3.8) is 0 Å². The number of likely N-dealkylation sites (N-methyl/N-ethyl adjacent to an activating group) is 2. The Morgan fingerprint density at radius 1 is 1.43 bits per heavy atom. The molecule has 0 unspecified atom stereocenters. The number of hydrogen-bond acceptors (Lipinski definition) is 6. The van der Waals surface area contributed by atoms with Crippen molar-refractivity contribution in [3.05, 3.63) is 16.8 Å². The Kier molecular flexibility index (Phi) is 4.37. The second-order valence-corrected chi connectivity index (χ2v) is 5.55. The third-order valence-electron chi connectivity index (χ3n) is 3.02. The van der Waals surface area contributed by atoms with E-state index < -0.39 is 5.97 Å². The number of thiophene rings is 1. The standard InChI is InChI=1S/C13H16N4O3S/c1-4-14-8(18)5-17(3)11-9-7(2)10(13(19)20)21-12(9)16-6-15-11/h6H,4-5H2,1-3H3,(H,14,18)(H,19,20). The SMILES string of the molecule is CCNC(=O)CN(C)c1ncnc2sc(C(=O)O)c(C)c12. The number of anilines is 1. The number of nitrogens with one attached hydrogen (secondary N) is 1. The van der Waals surface area contributed by atoms with Gasteiger partial charge < -0.3 is 15.3 Å². The highest BCUT2D eigenvalue weighted by atomic mass is 32.1. The molecule has 2 heterocycles. The molecule has 112 valence electrons. The largest absolute Gasteiger partial charge is 0.477 e. The zero-order valence-electron chi connectivity index (χ0n) is 12.0. The molecule has 2 aromatic rings. The lowest BCUT2D eigenvalue weighted by Gasteiger charge is -2.18. The van der Waals surface area contributed by atoms with Crippen LogP contribution in [0.5, 0.6) is 0 Å². The summed E-state index contributed by atoms with van der Waals surface area (Å²) in [5.41, 5.74) is 0.626. The monoisotopic (exact) mass is 308 g/mol. The van der Waals surface area contributed by atoms with Crippen LogP contribution >= 0.6 is 11.3 Å². The third kappa shape index (κ3) is 2.94. The Morgan fingerprint density at radius 3 is 2.76 bits per heavy atom. The van der Waals surface area contributed by atoms with Crippen LogP contribution in [0, 0.1) is 6.92 Å². The van der Waals surface area contributed by atoms with E-state index in [1.807, 2.05) is 6.92 Å². The molecule has 8 heteroatoms. The van der Waals surface area contributed by atoms with Crippen molar-refractivity contribution in [2.45, 2.75) is 13.8 Å². The van der Waals surface area contributed by atoms with Gasteiger partial charge in [0, 0.05) is 13.6 Å². The van der Waals surface area contributed by atoms with Crippen molar-refractivity contribution in [2.24, 2.45) is 0 Å². The molecule has 0 bridgehead atoms. The van der Waals surface area contributed by atoms with Crippen molar-refractivity contribution >= 4 is 39.2 Å². The summed E-state index contributed by atoms with van der Waals surface area (Å²) in [6.07, 6.45) is 1.38. The first-order valence-electron chi connectivity index (χ1n) is 6.40. The van der Waals surface area contributed by atoms with Gasteiger partial charge in [0.05, 0.1) is 11.9 Å². The Labute approximate surface area is 125 Å². The van der Waals surface area contributed by atoms with Gasteiger partial charge in [-0.25, -0.2) is 14.8 Å². The summed E-state index contributed by atoms with van der Waals surface area (Å²) in [4.78, 5) is 33.8. The number of hydrogen-bond donors (Lipinski definition) is 2. The van der Waals surface area contributed by atoms with E-state index in [-0.39, 0.29) is 17.3 Å². The Hall–Kier alpha value is -2.22. The maximum absolute atomic E-state index is 11.7. The van der Waals surface area contributed by atoms with E-state index in [4.69, 9.17) is 0 Å². The number of carbonyl (C=O) groups is 2. The summed E-state index contributed by atoms with van der Waals surface area (Å²) in [6.45, 7) is 4.29. The molecular weight excluding hydrogens is 292 g/mol. The van der Waals surface area contributed by atoms with Gasteiger partial charge in [0.2, 0.25) is 5.91 Å². The van der Waals surface area contributed by atoms with E-state index >= 15 is 0 Å². The molecule has 0 fully saturated rings. The van der Waals surface area contributed by atoms with E-state index in [0.29, 0.717) is 28.1 Å². The second-order valence-electron chi connectivity index (χ2n) is 4.55. The van der Waals surface area contributed by atoms with Crippen molar-refractivity contribution in [1.82, 2.24) is 15.3 Å². The second kappa shape index (κ2) is 6.04. The first kappa shape index (κ1) is 15.2. The minimum Gasteiger partial charge on any atom is -0.477 e. The minimum atomic E-state index is -0.979. The molecule has 2 rings (SSSR count). The molecule has 0 atom stereocenters. The third-order valence-corrected chi connectivity index (χ3v) is 4.21. The van der Waals surface area contributed by atoms with Crippen molar-refractivity contribution in [2.75, 3.05) is 25.0 Å². The fraction of sp³-hybridized carbons (Fsp3) is 0.385. The predicted octanol–water partition coefficient (Wildman–Crippen LogP) is 1.27. The van der Waals surface area contributed by atoms with Gasteiger partial charge in [0.15, 0.2) is 0 Å². The van der Waals surface area contributed by atoms with Crippen LogP contribution < -0.4 is 10.2 Å². The van der Waals surface area contributed by atoms with Crippen LogP contribution in [0.3, 0.4) is 0 Å². The number of carboxylic acid groups (broad SMARTS) is 1. The highest BCUT2D eigenvalue weighted by Crippen LogP contribution is 2.34. The Morgan fingerprint density at radius 2 is 2.14 bits per heavy atom. The highest BCUT2D eigenvalue weighted by Gasteiger charge is 2.20. The Bertz CT molecular complexity index is 698. The lowest BCUT2D eigenvalue weighted by atomic mass is 10.2. The van der Waals surface area contributed by atoms with Crippen LogP contribution in [-0.4, -0.2) is 47.1 Å². The predicted molar refractivity (Wildman–Crippen MR) is 81.1 cm³/mol. The van der Waals surface area contributed by atoms with Crippen LogP contribution in [0.25, 0.3) is 10.2 Å². The molecule has 2 aromatic heterocycles. The van der Waals surface area contributed by atoms with Gasteiger partial charge in [-0.3, -0.25) is 4.79 Å². The van der Waals surface area contributed by atoms with Crippen molar-refractivity contribution in [1.29, 1.82) is 0 Å². The van der Waals surface area contributed by atoms with Crippen molar-refractivity contribution < 1.29 is 14.7 Å². The lowest BCUT2D eigenvalue weighted by molar-refractivity contribution is -0.119. The van der Waals surface area contributed by atoms with Crippen LogP contribution in [0.1, 0.15) is 22.2 Å². The molecule has 0 aliphatic rings.